The summed E-state index contributed by atoms with van der Waals surface area (Å²) in [5, 5.41) is 38.6. The van der Waals surface area contributed by atoms with Crippen molar-refractivity contribution in [3.8, 4) is 0 Å². The molecule has 0 bridgehead atoms. The fourth-order valence-electron chi connectivity index (χ4n) is 5.50. The zero-order valence-electron chi connectivity index (χ0n) is 15.6. The van der Waals surface area contributed by atoms with Crippen molar-refractivity contribution in [2.45, 2.75) is 58.8 Å². The maximum absolute atomic E-state index is 11.8. The number of rotatable bonds is 8. The van der Waals surface area contributed by atoms with Gasteiger partial charge in [-0.15, -0.1) is 0 Å². The number of aliphatic carboxylic acids is 1. The van der Waals surface area contributed by atoms with Crippen molar-refractivity contribution in [3.63, 3.8) is 0 Å². The fourth-order valence-corrected chi connectivity index (χ4v) is 5.50. The van der Waals surface area contributed by atoms with Gasteiger partial charge in [0.05, 0.1) is 6.61 Å². The zero-order valence-corrected chi connectivity index (χ0v) is 15.6. The monoisotopic (exact) mass is 354 g/mol. The number of aliphatic hydroxyl groups is 3. The Bertz CT molecular complexity index is 502. The molecule has 0 aromatic rings. The maximum atomic E-state index is 11.8. The Morgan fingerprint density at radius 2 is 2.00 bits per heavy atom. The number of carbonyl (C=O) groups is 1. The van der Waals surface area contributed by atoms with Crippen molar-refractivity contribution in [1.82, 2.24) is 0 Å². The van der Waals surface area contributed by atoms with E-state index >= 15 is 0 Å². The van der Waals surface area contributed by atoms with Gasteiger partial charge in [-0.05, 0) is 68.1 Å². The predicted octanol–water partition coefficient (Wildman–Crippen LogP) is 2.59. The third kappa shape index (κ3) is 3.64. The molecule has 5 nitrogen and oxygen atoms in total. The molecule has 0 heterocycles. The molecule has 2 aliphatic carbocycles. The molecular formula is C20H34O5. The van der Waals surface area contributed by atoms with Gasteiger partial charge < -0.3 is 20.4 Å². The number of hydrogen-bond acceptors (Lipinski definition) is 4. The molecule has 1 fully saturated rings. The smallest absolute Gasteiger partial charge is 0.331 e. The van der Waals surface area contributed by atoms with Crippen molar-refractivity contribution in [3.05, 3.63) is 11.6 Å². The molecule has 2 rings (SSSR count). The SMILES string of the molecule is C[C@H]1CC[C@]2(CO)C(C(=O)O)=CCC[C@@H]2[C@@]1(C)CC[C@H](CO)CCO. The molecule has 5 atom stereocenters. The second kappa shape index (κ2) is 8.19. The largest absolute Gasteiger partial charge is 0.478 e. The summed E-state index contributed by atoms with van der Waals surface area (Å²) in [6.45, 7) is 4.51. The van der Waals surface area contributed by atoms with Crippen LogP contribution in [0.1, 0.15) is 58.8 Å². The minimum atomic E-state index is -0.899. The molecule has 0 saturated heterocycles. The summed E-state index contributed by atoms with van der Waals surface area (Å²) in [4.78, 5) is 11.8. The molecule has 0 radical (unpaired) electrons. The first-order valence-corrected chi connectivity index (χ1v) is 9.62. The van der Waals surface area contributed by atoms with E-state index in [1.54, 1.807) is 0 Å². The van der Waals surface area contributed by atoms with Gasteiger partial charge in [0.25, 0.3) is 0 Å². The second-order valence-corrected chi connectivity index (χ2v) is 8.41. The molecule has 5 heteroatoms. The summed E-state index contributed by atoms with van der Waals surface area (Å²) in [5.74, 6) is -0.237. The number of fused-ring (bicyclic) bond motifs is 1. The highest BCUT2D eigenvalue weighted by Crippen LogP contribution is 2.62. The minimum Gasteiger partial charge on any atom is -0.478 e. The van der Waals surface area contributed by atoms with Crippen LogP contribution < -0.4 is 0 Å². The minimum absolute atomic E-state index is 0.0705. The lowest BCUT2D eigenvalue weighted by Crippen LogP contribution is -2.54. The molecule has 2 aliphatic rings. The molecule has 4 N–H and O–H groups in total. The quantitative estimate of drug-likeness (QED) is 0.537. The molecule has 25 heavy (non-hydrogen) atoms. The van der Waals surface area contributed by atoms with Crippen LogP contribution in [0, 0.1) is 28.6 Å². The van der Waals surface area contributed by atoms with Crippen molar-refractivity contribution in [2.24, 2.45) is 28.6 Å². The van der Waals surface area contributed by atoms with Gasteiger partial charge in [0.2, 0.25) is 0 Å². The molecule has 0 aliphatic heterocycles. The Balaban J connectivity index is 2.30. The van der Waals surface area contributed by atoms with Crippen LogP contribution in [0.5, 0.6) is 0 Å². The van der Waals surface area contributed by atoms with Crippen LogP contribution in [-0.4, -0.2) is 46.2 Å². The van der Waals surface area contributed by atoms with E-state index < -0.39 is 11.4 Å². The van der Waals surface area contributed by atoms with Gasteiger partial charge in [0, 0.05) is 24.2 Å². The van der Waals surface area contributed by atoms with Gasteiger partial charge in [-0.2, -0.15) is 0 Å². The predicted molar refractivity (Wildman–Crippen MR) is 96.0 cm³/mol. The number of carboxylic acid groups (broad SMARTS) is 1. The molecule has 1 saturated carbocycles. The molecule has 144 valence electrons. The lowest BCUT2D eigenvalue weighted by molar-refractivity contribution is -0.140. The molecular weight excluding hydrogens is 320 g/mol. The number of allylic oxidation sites excluding steroid dienone is 1. The standard InChI is InChI=1S/C20H34O5/c1-14-6-10-20(13-23)16(18(24)25)4-3-5-17(20)19(14,2)9-7-15(12-22)8-11-21/h4,14-15,17,21-23H,3,5-13H2,1-2H3,(H,24,25)/t14-,15-,17+,19-,20-/m0/s1. The molecule has 0 amide bonds. The molecule has 0 aromatic heterocycles. The van der Waals surface area contributed by atoms with E-state index in [-0.39, 0.29) is 37.1 Å². The van der Waals surface area contributed by atoms with Gasteiger partial charge in [-0.3, -0.25) is 0 Å². The van der Waals surface area contributed by atoms with Crippen LogP contribution in [0.15, 0.2) is 11.6 Å². The summed E-state index contributed by atoms with van der Waals surface area (Å²) in [6, 6.07) is 0. The fraction of sp³-hybridized carbons (Fsp3) is 0.850. The average molecular weight is 354 g/mol. The van der Waals surface area contributed by atoms with E-state index in [1.807, 2.05) is 6.08 Å². The third-order valence-corrected chi connectivity index (χ3v) is 7.35. The highest BCUT2D eigenvalue weighted by Gasteiger charge is 2.57. The Morgan fingerprint density at radius 3 is 2.56 bits per heavy atom. The highest BCUT2D eigenvalue weighted by atomic mass is 16.4. The molecule has 0 unspecified atom stereocenters. The van der Waals surface area contributed by atoms with Crippen LogP contribution in [0.3, 0.4) is 0 Å². The Morgan fingerprint density at radius 1 is 1.28 bits per heavy atom. The lowest BCUT2D eigenvalue weighted by atomic mass is 9.46. The van der Waals surface area contributed by atoms with Gasteiger partial charge in [-0.25, -0.2) is 4.79 Å². The van der Waals surface area contributed by atoms with E-state index in [9.17, 15) is 20.1 Å². The third-order valence-electron chi connectivity index (χ3n) is 7.35. The van der Waals surface area contributed by atoms with Crippen LogP contribution in [0.25, 0.3) is 0 Å². The summed E-state index contributed by atoms with van der Waals surface area (Å²) in [5.41, 5.74) is -0.311. The number of aliphatic hydroxyl groups excluding tert-OH is 3. The Kier molecular flexibility index (Phi) is 6.68. The van der Waals surface area contributed by atoms with Crippen LogP contribution >= 0.6 is 0 Å². The van der Waals surface area contributed by atoms with E-state index in [2.05, 4.69) is 13.8 Å². The van der Waals surface area contributed by atoms with Crippen LogP contribution in [0.4, 0.5) is 0 Å². The van der Waals surface area contributed by atoms with E-state index in [0.717, 1.165) is 38.5 Å². The summed E-state index contributed by atoms with van der Waals surface area (Å²) in [7, 11) is 0. The maximum Gasteiger partial charge on any atom is 0.331 e. The van der Waals surface area contributed by atoms with Crippen molar-refractivity contribution in [2.75, 3.05) is 19.8 Å². The first-order valence-electron chi connectivity index (χ1n) is 9.62. The van der Waals surface area contributed by atoms with Crippen molar-refractivity contribution < 1.29 is 25.2 Å². The second-order valence-electron chi connectivity index (χ2n) is 8.41. The Hall–Kier alpha value is -0.910. The van der Waals surface area contributed by atoms with Crippen LogP contribution in [0.2, 0.25) is 0 Å². The van der Waals surface area contributed by atoms with Gasteiger partial charge >= 0.3 is 5.97 Å². The average Bonchev–Trinajstić information content (AvgIpc) is 2.61. The summed E-state index contributed by atoms with van der Waals surface area (Å²) in [6.07, 6.45) is 7.40. The van der Waals surface area contributed by atoms with Gasteiger partial charge in [0.1, 0.15) is 0 Å². The van der Waals surface area contributed by atoms with Crippen molar-refractivity contribution in [1.29, 1.82) is 0 Å². The van der Waals surface area contributed by atoms with Crippen molar-refractivity contribution >= 4 is 5.97 Å². The lowest BCUT2D eigenvalue weighted by Gasteiger charge is -2.58. The van der Waals surface area contributed by atoms with E-state index in [0.29, 0.717) is 17.9 Å². The Labute approximate surface area is 150 Å². The molecule has 0 aromatic carbocycles. The van der Waals surface area contributed by atoms with Crippen LogP contribution in [-0.2, 0) is 4.79 Å². The topological polar surface area (TPSA) is 98.0 Å². The number of hydrogen-bond donors (Lipinski definition) is 4. The summed E-state index contributed by atoms with van der Waals surface area (Å²) < 4.78 is 0. The van der Waals surface area contributed by atoms with Gasteiger partial charge in [-0.1, -0.05) is 19.9 Å². The first-order chi connectivity index (χ1) is 11.9. The first kappa shape index (κ1) is 20.4. The van der Waals surface area contributed by atoms with Gasteiger partial charge in [0.15, 0.2) is 0 Å². The zero-order chi connectivity index (χ0) is 18.7. The van der Waals surface area contributed by atoms with E-state index in [4.69, 9.17) is 5.11 Å². The normalized spacial score (nSPS) is 36.4. The van der Waals surface area contributed by atoms with E-state index in [1.165, 1.54) is 0 Å². The molecule has 0 spiro atoms. The highest BCUT2D eigenvalue weighted by molar-refractivity contribution is 5.88. The number of carboxylic acids is 1. The summed E-state index contributed by atoms with van der Waals surface area (Å²) >= 11 is 0.